The molecule has 0 amide bonds. The Hall–Kier alpha value is 0.170. The van der Waals surface area contributed by atoms with Crippen molar-refractivity contribution in [2.24, 2.45) is 5.73 Å². The van der Waals surface area contributed by atoms with Gasteiger partial charge in [0.2, 0.25) is 0 Å². The van der Waals surface area contributed by atoms with Crippen molar-refractivity contribution in [1.29, 1.82) is 0 Å². The lowest BCUT2D eigenvalue weighted by Crippen LogP contribution is -2.48. The summed E-state index contributed by atoms with van der Waals surface area (Å²) in [5.41, 5.74) is 5.94. The monoisotopic (exact) mass is 250 g/mol. The first-order valence-corrected chi connectivity index (χ1v) is 5.94. The highest BCUT2D eigenvalue weighted by molar-refractivity contribution is 5.85. The van der Waals surface area contributed by atoms with Crippen molar-refractivity contribution in [3.8, 4) is 0 Å². The Morgan fingerprint density at radius 3 is 2.12 bits per heavy atom. The SMILES string of the molecule is COC1CCC(N(C)CC(C)(C)N)CC1.Cl. The number of nitrogens with zero attached hydrogens (tertiary/aromatic N) is 1. The van der Waals surface area contributed by atoms with Crippen molar-refractivity contribution in [2.45, 2.75) is 57.2 Å². The summed E-state index contributed by atoms with van der Waals surface area (Å²) in [6, 6.07) is 0.694. The maximum Gasteiger partial charge on any atom is 0.0572 e. The van der Waals surface area contributed by atoms with E-state index in [-0.39, 0.29) is 17.9 Å². The van der Waals surface area contributed by atoms with E-state index in [4.69, 9.17) is 10.5 Å². The Morgan fingerprint density at radius 2 is 1.75 bits per heavy atom. The van der Waals surface area contributed by atoms with E-state index in [1.54, 1.807) is 0 Å². The highest BCUT2D eigenvalue weighted by Gasteiger charge is 2.26. The lowest BCUT2D eigenvalue weighted by molar-refractivity contribution is 0.0410. The molecule has 1 saturated carbocycles. The van der Waals surface area contributed by atoms with Gasteiger partial charge in [0.25, 0.3) is 0 Å². The van der Waals surface area contributed by atoms with Gasteiger partial charge in [-0.1, -0.05) is 0 Å². The second kappa shape index (κ2) is 6.80. The third-order valence-corrected chi connectivity index (χ3v) is 3.26. The molecule has 3 nitrogen and oxygen atoms in total. The average molecular weight is 251 g/mol. The molecule has 0 spiro atoms. The summed E-state index contributed by atoms with van der Waals surface area (Å²) in [4.78, 5) is 2.41. The summed E-state index contributed by atoms with van der Waals surface area (Å²) in [7, 11) is 4.00. The Morgan fingerprint density at radius 1 is 1.25 bits per heavy atom. The molecule has 0 radical (unpaired) electrons. The quantitative estimate of drug-likeness (QED) is 0.830. The van der Waals surface area contributed by atoms with Gasteiger partial charge in [-0.25, -0.2) is 0 Å². The molecule has 0 aromatic carbocycles. The van der Waals surface area contributed by atoms with Crippen LogP contribution in [-0.2, 0) is 4.74 Å². The molecule has 0 aromatic heterocycles. The zero-order chi connectivity index (χ0) is 11.5. The van der Waals surface area contributed by atoms with Crippen LogP contribution in [0.25, 0.3) is 0 Å². The molecule has 0 saturated heterocycles. The van der Waals surface area contributed by atoms with Gasteiger partial charge < -0.3 is 15.4 Å². The Balaban J connectivity index is 0.00000225. The molecule has 0 atom stereocenters. The van der Waals surface area contributed by atoms with Gasteiger partial charge in [0.15, 0.2) is 0 Å². The smallest absolute Gasteiger partial charge is 0.0572 e. The number of halogens is 1. The topological polar surface area (TPSA) is 38.5 Å². The second-order valence-electron chi connectivity index (χ2n) is 5.57. The summed E-state index contributed by atoms with van der Waals surface area (Å²) in [5.74, 6) is 0. The van der Waals surface area contributed by atoms with E-state index in [0.29, 0.717) is 12.1 Å². The van der Waals surface area contributed by atoms with Crippen LogP contribution in [0, 0.1) is 0 Å². The van der Waals surface area contributed by atoms with Gasteiger partial charge >= 0.3 is 0 Å². The van der Waals surface area contributed by atoms with Crippen LogP contribution in [0.15, 0.2) is 0 Å². The third kappa shape index (κ3) is 5.48. The highest BCUT2D eigenvalue weighted by Crippen LogP contribution is 2.24. The first-order chi connectivity index (χ1) is 6.92. The first kappa shape index (κ1) is 16.2. The molecule has 0 aliphatic heterocycles. The van der Waals surface area contributed by atoms with Gasteiger partial charge in [-0.15, -0.1) is 12.4 Å². The molecule has 0 unspecified atom stereocenters. The lowest BCUT2D eigenvalue weighted by Gasteiger charge is -2.37. The maximum atomic E-state index is 6.03. The molecule has 2 N–H and O–H groups in total. The Labute approximate surface area is 106 Å². The van der Waals surface area contributed by atoms with Gasteiger partial charge in [-0.05, 0) is 46.6 Å². The van der Waals surface area contributed by atoms with Crippen LogP contribution in [0.5, 0.6) is 0 Å². The zero-order valence-corrected chi connectivity index (χ0v) is 11.8. The van der Waals surface area contributed by atoms with E-state index < -0.39 is 0 Å². The van der Waals surface area contributed by atoms with Crippen LogP contribution in [0.3, 0.4) is 0 Å². The summed E-state index contributed by atoms with van der Waals surface area (Å²) < 4.78 is 5.38. The standard InChI is InChI=1S/C12H26N2O.ClH/c1-12(2,13)9-14(3)10-5-7-11(15-4)8-6-10;/h10-11H,5-9,13H2,1-4H3;1H. The van der Waals surface area contributed by atoms with Gasteiger partial charge in [0.05, 0.1) is 6.10 Å². The summed E-state index contributed by atoms with van der Waals surface area (Å²) >= 11 is 0. The van der Waals surface area contributed by atoms with Crippen LogP contribution < -0.4 is 5.73 Å². The van der Waals surface area contributed by atoms with Gasteiger partial charge in [0, 0.05) is 25.2 Å². The van der Waals surface area contributed by atoms with Gasteiger partial charge in [-0.2, -0.15) is 0 Å². The molecule has 1 rings (SSSR count). The number of rotatable bonds is 4. The average Bonchev–Trinajstić information content (AvgIpc) is 2.15. The van der Waals surface area contributed by atoms with Crippen LogP contribution >= 0.6 is 12.4 Å². The second-order valence-corrected chi connectivity index (χ2v) is 5.57. The van der Waals surface area contributed by atoms with Crippen LogP contribution in [0.4, 0.5) is 0 Å². The van der Waals surface area contributed by atoms with E-state index in [1.165, 1.54) is 25.7 Å². The Kier molecular flexibility index (Phi) is 6.87. The minimum absolute atomic E-state index is 0. The van der Waals surface area contributed by atoms with E-state index in [2.05, 4.69) is 25.8 Å². The summed E-state index contributed by atoms with van der Waals surface area (Å²) in [6.07, 6.45) is 5.35. The molecule has 16 heavy (non-hydrogen) atoms. The molecule has 98 valence electrons. The van der Waals surface area contributed by atoms with Crippen molar-refractivity contribution in [1.82, 2.24) is 4.90 Å². The predicted octanol–water partition coefficient (Wildman–Crippen LogP) is 2.03. The normalized spacial score (nSPS) is 26.6. The number of likely N-dealkylation sites (N-methyl/N-ethyl adjacent to an activating group) is 1. The number of methoxy groups -OCH3 is 1. The number of nitrogens with two attached hydrogens (primary N) is 1. The molecule has 0 heterocycles. The fraction of sp³-hybridized carbons (Fsp3) is 1.00. The third-order valence-electron chi connectivity index (χ3n) is 3.26. The molecular weight excluding hydrogens is 224 g/mol. The van der Waals surface area contributed by atoms with Crippen molar-refractivity contribution in [3.63, 3.8) is 0 Å². The van der Waals surface area contributed by atoms with Crippen molar-refractivity contribution in [3.05, 3.63) is 0 Å². The minimum Gasteiger partial charge on any atom is -0.381 e. The molecule has 0 bridgehead atoms. The van der Waals surface area contributed by atoms with Crippen LogP contribution in [-0.4, -0.2) is 43.3 Å². The lowest BCUT2D eigenvalue weighted by atomic mass is 9.91. The molecule has 1 aliphatic rings. The number of ether oxygens (including phenoxy) is 1. The summed E-state index contributed by atoms with van der Waals surface area (Å²) in [5, 5.41) is 0. The molecule has 0 aromatic rings. The first-order valence-electron chi connectivity index (χ1n) is 5.94. The number of hydrogen-bond donors (Lipinski definition) is 1. The fourth-order valence-electron chi connectivity index (χ4n) is 2.49. The highest BCUT2D eigenvalue weighted by atomic mass is 35.5. The largest absolute Gasteiger partial charge is 0.381 e. The molecule has 1 aliphatic carbocycles. The van der Waals surface area contributed by atoms with E-state index in [1.807, 2.05) is 7.11 Å². The van der Waals surface area contributed by atoms with Crippen molar-refractivity contribution >= 4 is 12.4 Å². The van der Waals surface area contributed by atoms with Gasteiger partial charge in [0.1, 0.15) is 0 Å². The van der Waals surface area contributed by atoms with Crippen LogP contribution in [0.2, 0.25) is 0 Å². The van der Waals surface area contributed by atoms with Crippen LogP contribution in [0.1, 0.15) is 39.5 Å². The summed E-state index contributed by atoms with van der Waals surface area (Å²) in [6.45, 7) is 5.14. The number of hydrogen-bond acceptors (Lipinski definition) is 3. The Bertz CT molecular complexity index is 186. The molecule has 1 fully saturated rings. The van der Waals surface area contributed by atoms with E-state index >= 15 is 0 Å². The minimum atomic E-state index is -0.0904. The zero-order valence-electron chi connectivity index (χ0n) is 11.0. The molecule has 4 heteroatoms. The maximum absolute atomic E-state index is 6.03. The van der Waals surface area contributed by atoms with Crippen molar-refractivity contribution < 1.29 is 4.74 Å². The van der Waals surface area contributed by atoms with Gasteiger partial charge in [-0.3, -0.25) is 0 Å². The predicted molar refractivity (Wildman–Crippen MR) is 71.2 cm³/mol. The van der Waals surface area contributed by atoms with E-state index in [9.17, 15) is 0 Å². The van der Waals surface area contributed by atoms with Crippen molar-refractivity contribution in [2.75, 3.05) is 20.7 Å². The van der Waals surface area contributed by atoms with E-state index in [0.717, 1.165) is 6.54 Å². The fourth-order valence-corrected chi connectivity index (χ4v) is 2.49. The molecular formula is C12H27ClN2O.